The van der Waals surface area contributed by atoms with Crippen molar-refractivity contribution in [2.75, 3.05) is 6.54 Å². The average molecular weight is 249 g/mol. The minimum Gasteiger partial charge on any atom is -0.389 e. The average Bonchev–Trinajstić information content (AvgIpc) is 2.70. The maximum Gasteiger partial charge on any atom is 0.291 e. The predicted octanol–water partition coefficient (Wildman–Crippen LogP) is -0.0666. The van der Waals surface area contributed by atoms with Gasteiger partial charge in [-0.15, -0.1) is 5.10 Å². The molecule has 0 aliphatic carbocycles. The first-order valence-corrected chi connectivity index (χ1v) is 5.56. The summed E-state index contributed by atoms with van der Waals surface area (Å²) < 4.78 is 1.50. The summed E-state index contributed by atoms with van der Waals surface area (Å²) in [5.74, 6) is -0.00789. The lowest BCUT2D eigenvalue weighted by atomic mass is 10.1. The highest BCUT2D eigenvalue weighted by atomic mass is 16.3. The van der Waals surface area contributed by atoms with Gasteiger partial charge in [0.2, 0.25) is 5.82 Å². The number of nitrogens with zero attached hydrogens (tertiary/aromatic N) is 4. The van der Waals surface area contributed by atoms with Gasteiger partial charge in [-0.05, 0) is 26.8 Å². The van der Waals surface area contributed by atoms with Crippen molar-refractivity contribution in [1.82, 2.24) is 24.9 Å². The molecule has 0 radical (unpaired) electrons. The number of fused-ring (bicyclic) bond motifs is 1. The molecule has 0 fully saturated rings. The van der Waals surface area contributed by atoms with E-state index in [0.717, 1.165) is 5.69 Å². The van der Waals surface area contributed by atoms with Gasteiger partial charge in [0.15, 0.2) is 0 Å². The quantitative estimate of drug-likeness (QED) is 0.794. The zero-order valence-corrected chi connectivity index (χ0v) is 10.5. The monoisotopic (exact) mass is 249 g/mol. The molecule has 0 saturated carbocycles. The highest BCUT2D eigenvalue weighted by Gasteiger charge is 2.18. The van der Waals surface area contributed by atoms with Crippen LogP contribution < -0.4 is 5.32 Å². The van der Waals surface area contributed by atoms with Crippen LogP contribution in [0.1, 0.15) is 30.2 Å². The van der Waals surface area contributed by atoms with E-state index >= 15 is 0 Å². The van der Waals surface area contributed by atoms with E-state index in [1.165, 1.54) is 4.52 Å². The smallest absolute Gasteiger partial charge is 0.291 e. The summed E-state index contributed by atoms with van der Waals surface area (Å²) in [7, 11) is 0. The first-order chi connectivity index (χ1) is 8.37. The van der Waals surface area contributed by atoms with Crippen molar-refractivity contribution >= 4 is 11.7 Å². The van der Waals surface area contributed by atoms with Gasteiger partial charge in [-0.2, -0.15) is 4.98 Å². The predicted molar refractivity (Wildman–Crippen MR) is 64.2 cm³/mol. The van der Waals surface area contributed by atoms with Gasteiger partial charge in [0.1, 0.15) is 0 Å². The molecular weight excluding hydrogens is 234 g/mol. The Balaban J connectivity index is 2.21. The summed E-state index contributed by atoms with van der Waals surface area (Å²) in [5.41, 5.74) is -0.128. The first-order valence-electron chi connectivity index (χ1n) is 5.56. The van der Waals surface area contributed by atoms with E-state index in [0.29, 0.717) is 5.78 Å². The van der Waals surface area contributed by atoms with E-state index in [9.17, 15) is 9.90 Å². The Labute approximate surface area is 104 Å². The number of hydrogen-bond donors (Lipinski definition) is 2. The van der Waals surface area contributed by atoms with Crippen molar-refractivity contribution < 1.29 is 9.90 Å². The highest BCUT2D eigenvalue weighted by Crippen LogP contribution is 2.03. The summed E-state index contributed by atoms with van der Waals surface area (Å²) in [6.45, 7) is 5.20. The largest absolute Gasteiger partial charge is 0.389 e. The van der Waals surface area contributed by atoms with Gasteiger partial charge in [-0.3, -0.25) is 4.79 Å². The van der Waals surface area contributed by atoms with Gasteiger partial charge >= 0.3 is 0 Å². The molecule has 2 rings (SSSR count). The van der Waals surface area contributed by atoms with Gasteiger partial charge in [0.25, 0.3) is 11.7 Å². The van der Waals surface area contributed by atoms with E-state index in [-0.39, 0.29) is 12.4 Å². The fourth-order valence-corrected chi connectivity index (χ4v) is 1.38. The fraction of sp³-hybridized carbons (Fsp3) is 0.455. The number of aromatic nitrogens is 4. The topological polar surface area (TPSA) is 92.4 Å². The number of hydrogen-bond acceptors (Lipinski definition) is 5. The van der Waals surface area contributed by atoms with Gasteiger partial charge in [0, 0.05) is 18.4 Å². The van der Waals surface area contributed by atoms with Crippen molar-refractivity contribution in [2.45, 2.75) is 26.4 Å². The molecule has 2 aromatic heterocycles. The molecule has 2 aromatic rings. The number of amides is 1. The SMILES string of the molecule is Cc1ccnc2nc(C(=O)NCC(C)(C)O)nn12. The van der Waals surface area contributed by atoms with Crippen LogP contribution in [0.4, 0.5) is 0 Å². The number of aryl methyl sites for hydroxylation is 1. The van der Waals surface area contributed by atoms with Crippen LogP contribution in [0.15, 0.2) is 12.3 Å². The maximum absolute atomic E-state index is 11.8. The van der Waals surface area contributed by atoms with Gasteiger partial charge in [0.05, 0.1) is 5.60 Å². The molecule has 0 bridgehead atoms. The molecule has 0 aromatic carbocycles. The molecule has 7 heteroatoms. The number of carbonyl (C=O) groups excluding carboxylic acids is 1. The first kappa shape index (κ1) is 12.4. The molecule has 2 N–H and O–H groups in total. The van der Waals surface area contributed by atoms with Gasteiger partial charge < -0.3 is 10.4 Å². The van der Waals surface area contributed by atoms with Crippen LogP contribution in [-0.4, -0.2) is 42.7 Å². The standard InChI is InChI=1S/C11H15N5O2/c1-7-4-5-12-10-14-8(15-16(7)10)9(17)13-6-11(2,3)18/h4-5,18H,6H2,1-3H3,(H,13,17). The van der Waals surface area contributed by atoms with Crippen molar-refractivity contribution in [2.24, 2.45) is 0 Å². The molecule has 0 atom stereocenters. The summed E-state index contributed by atoms with van der Waals surface area (Å²) in [5, 5.41) is 16.2. The van der Waals surface area contributed by atoms with E-state index in [2.05, 4.69) is 20.4 Å². The Bertz CT molecular complexity index is 585. The lowest BCUT2D eigenvalue weighted by molar-refractivity contribution is 0.0689. The van der Waals surface area contributed by atoms with Crippen molar-refractivity contribution in [3.63, 3.8) is 0 Å². The lowest BCUT2D eigenvalue weighted by Crippen LogP contribution is -2.38. The van der Waals surface area contributed by atoms with Crippen LogP contribution in [0.25, 0.3) is 5.78 Å². The molecule has 2 heterocycles. The zero-order valence-electron chi connectivity index (χ0n) is 10.5. The second-order valence-electron chi connectivity index (χ2n) is 4.73. The van der Waals surface area contributed by atoms with Crippen LogP contribution in [0.2, 0.25) is 0 Å². The molecule has 7 nitrogen and oxygen atoms in total. The van der Waals surface area contributed by atoms with Crippen LogP contribution in [0.5, 0.6) is 0 Å². The fourth-order valence-electron chi connectivity index (χ4n) is 1.38. The van der Waals surface area contributed by atoms with E-state index in [4.69, 9.17) is 0 Å². The molecule has 96 valence electrons. The summed E-state index contributed by atoms with van der Waals surface area (Å²) >= 11 is 0. The molecule has 0 unspecified atom stereocenters. The Morgan fingerprint density at radius 1 is 1.56 bits per heavy atom. The van der Waals surface area contributed by atoms with Crippen LogP contribution in [0.3, 0.4) is 0 Å². The molecule has 0 aliphatic rings. The van der Waals surface area contributed by atoms with Crippen LogP contribution >= 0.6 is 0 Å². The molecule has 18 heavy (non-hydrogen) atoms. The number of rotatable bonds is 3. The summed E-state index contributed by atoms with van der Waals surface area (Å²) in [4.78, 5) is 19.8. The minimum atomic E-state index is -0.969. The van der Waals surface area contributed by atoms with Crippen LogP contribution in [-0.2, 0) is 0 Å². The zero-order chi connectivity index (χ0) is 13.3. The third kappa shape index (κ3) is 2.62. The normalized spacial score (nSPS) is 11.8. The summed E-state index contributed by atoms with van der Waals surface area (Å²) in [6.07, 6.45) is 1.61. The number of nitrogens with one attached hydrogen (secondary N) is 1. The second kappa shape index (κ2) is 4.34. The summed E-state index contributed by atoms with van der Waals surface area (Å²) in [6, 6.07) is 1.78. The molecule has 0 spiro atoms. The minimum absolute atomic E-state index is 0.0426. The van der Waals surface area contributed by atoms with Gasteiger partial charge in [-0.25, -0.2) is 9.50 Å². The number of aliphatic hydroxyl groups is 1. The van der Waals surface area contributed by atoms with Gasteiger partial charge in [-0.1, -0.05) is 0 Å². The maximum atomic E-state index is 11.8. The van der Waals surface area contributed by atoms with Crippen molar-refractivity contribution in [3.8, 4) is 0 Å². The second-order valence-corrected chi connectivity index (χ2v) is 4.73. The van der Waals surface area contributed by atoms with Crippen molar-refractivity contribution in [3.05, 3.63) is 23.8 Å². The highest BCUT2D eigenvalue weighted by molar-refractivity contribution is 5.90. The van der Waals surface area contributed by atoms with E-state index in [1.54, 1.807) is 26.1 Å². The van der Waals surface area contributed by atoms with E-state index in [1.807, 2.05) is 6.92 Å². The lowest BCUT2D eigenvalue weighted by Gasteiger charge is -2.16. The van der Waals surface area contributed by atoms with E-state index < -0.39 is 11.5 Å². The molecule has 0 aliphatic heterocycles. The molecule has 0 saturated heterocycles. The molecule has 1 amide bonds. The Morgan fingerprint density at radius 2 is 2.28 bits per heavy atom. The third-order valence-corrected chi connectivity index (χ3v) is 2.31. The Morgan fingerprint density at radius 3 is 2.89 bits per heavy atom. The Hall–Kier alpha value is -2.02. The molecular formula is C11H15N5O2. The number of carbonyl (C=O) groups is 1. The third-order valence-electron chi connectivity index (χ3n) is 2.31. The van der Waals surface area contributed by atoms with Crippen LogP contribution in [0, 0.1) is 6.92 Å². The Kier molecular flexibility index (Phi) is 3.00. The van der Waals surface area contributed by atoms with Crippen molar-refractivity contribution in [1.29, 1.82) is 0 Å².